The zero-order valence-electron chi connectivity index (χ0n) is 5.39. The molecular formula is C5H14N2O. The molecule has 0 rings (SSSR count). The molecule has 0 aromatic carbocycles. The van der Waals surface area contributed by atoms with E-state index in [2.05, 4.69) is 5.32 Å². The topological polar surface area (TPSA) is 58.3 Å². The van der Waals surface area contributed by atoms with Crippen LogP contribution in [0, 0.1) is 0 Å². The molecule has 0 aliphatic heterocycles. The molecular weight excluding hydrogens is 104 g/mol. The number of aliphatic hydroxyl groups excluding tert-OH is 1. The van der Waals surface area contributed by atoms with E-state index in [-0.39, 0.29) is 6.17 Å². The normalized spacial score (nSPS) is 18.0. The number of nitrogens with one attached hydrogen (secondary N) is 1. The number of hydrogen-bond acceptors (Lipinski definition) is 3. The molecule has 8 heavy (non-hydrogen) atoms. The van der Waals surface area contributed by atoms with E-state index in [9.17, 15) is 0 Å². The highest BCUT2D eigenvalue weighted by molar-refractivity contribution is 4.52. The summed E-state index contributed by atoms with van der Waals surface area (Å²) in [5.41, 5.74) is 5.30. The number of hydrogen-bond donors (Lipinski definition) is 3. The summed E-state index contributed by atoms with van der Waals surface area (Å²) in [7, 11) is 0. The van der Waals surface area contributed by atoms with Gasteiger partial charge in [-0.05, 0) is 13.3 Å². The van der Waals surface area contributed by atoms with E-state index in [1.165, 1.54) is 0 Å². The van der Waals surface area contributed by atoms with E-state index in [0.29, 0.717) is 6.42 Å². The fourth-order valence-electron chi connectivity index (χ4n) is 0.421. The Bertz CT molecular complexity index is 56.4. The van der Waals surface area contributed by atoms with Crippen molar-refractivity contribution in [2.45, 2.75) is 32.7 Å². The second-order valence-corrected chi connectivity index (χ2v) is 1.88. The van der Waals surface area contributed by atoms with Crippen LogP contribution in [0.25, 0.3) is 0 Å². The van der Waals surface area contributed by atoms with Gasteiger partial charge in [-0.25, -0.2) is 0 Å². The van der Waals surface area contributed by atoms with E-state index in [1.807, 2.05) is 6.92 Å². The van der Waals surface area contributed by atoms with E-state index in [4.69, 9.17) is 10.8 Å². The molecule has 0 bridgehead atoms. The largest absolute Gasteiger partial charge is 0.379 e. The van der Waals surface area contributed by atoms with Crippen molar-refractivity contribution < 1.29 is 5.11 Å². The maximum atomic E-state index is 8.84. The molecule has 0 amide bonds. The minimum atomic E-state index is -0.449. The molecule has 0 saturated carbocycles. The van der Waals surface area contributed by atoms with Gasteiger partial charge < -0.3 is 10.8 Å². The lowest BCUT2D eigenvalue weighted by Crippen LogP contribution is -2.41. The Kier molecular flexibility index (Phi) is 3.77. The molecule has 0 heterocycles. The van der Waals surface area contributed by atoms with Gasteiger partial charge in [0, 0.05) is 0 Å². The Morgan fingerprint density at radius 2 is 2.25 bits per heavy atom. The zero-order valence-corrected chi connectivity index (χ0v) is 5.39. The van der Waals surface area contributed by atoms with Crippen molar-refractivity contribution in [3.63, 3.8) is 0 Å². The molecule has 0 radical (unpaired) electrons. The van der Waals surface area contributed by atoms with Gasteiger partial charge in [0.05, 0.1) is 6.17 Å². The molecule has 0 fully saturated rings. The molecule has 0 aromatic heterocycles. The van der Waals surface area contributed by atoms with Gasteiger partial charge >= 0.3 is 0 Å². The van der Waals surface area contributed by atoms with Crippen molar-refractivity contribution in [3.05, 3.63) is 0 Å². The molecule has 3 nitrogen and oxygen atoms in total. The summed E-state index contributed by atoms with van der Waals surface area (Å²) in [5, 5.41) is 11.6. The fraction of sp³-hybridized carbons (Fsp3) is 1.00. The fourth-order valence-corrected chi connectivity index (χ4v) is 0.421. The van der Waals surface area contributed by atoms with Gasteiger partial charge in [0.2, 0.25) is 0 Å². The zero-order chi connectivity index (χ0) is 6.57. The van der Waals surface area contributed by atoms with Crippen molar-refractivity contribution in [2.24, 2.45) is 5.73 Å². The van der Waals surface area contributed by atoms with Gasteiger partial charge in [-0.2, -0.15) is 0 Å². The van der Waals surface area contributed by atoms with E-state index in [0.717, 1.165) is 0 Å². The van der Waals surface area contributed by atoms with Gasteiger partial charge in [0.15, 0.2) is 0 Å². The Balaban J connectivity index is 3.10. The van der Waals surface area contributed by atoms with Crippen molar-refractivity contribution >= 4 is 0 Å². The lowest BCUT2D eigenvalue weighted by atomic mass is 10.4. The van der Waals surface area contributed by atoms with Crippen LogP contribution in [0.5, 0.6) is 0 Å². The summed E-state index contributed by atoms with van der Waals surface area (Å²) in [6, 6.07) is 0. The minimum absolute atomic E-state index is 0.120. The predicted octanol–water partition coefficient (Wildman–Crippen LogP) is -0.391. The standard InChI is InChI=1S/C5H14N2O/c1-3-5(8)7-4(2)6/h4-5,7-8H,3,6H2,1-2H3. The molecule has 50 valence electrons. The Morgan fingerprint density at radius 3 is 2.38 bits per heavy atom. The van der Waals surface area contributed by atoms with E-state index >= 15 is 0 Å². The van der Waals surface area contributed by atoms with Crippen LogP contribution in [-0.4, -0.2) is 17.5 Å². The third-order valence-corrected chi connectivity index (χ3v) is 0.842. The second-order valence-electron chi connectivity index (χ2n) is 1.88. The third kappa shape index (κ3) is 4.05. The summed E-state index contributed by atoms with van der Waals surface area (Å²) < 4.78 is 0. The summed E-state index contributed by atoms with van der Waals surface area (Å²) >= 11 is 0. The first kappa shape index (κ1) is 7.88. The van der Waals surface area contributed by atoms with Crippen molar-refractivity contribution in [2.75, 3.05) is 0 Å². The average molecular weight is 118 g/mol. The summed E-state index contributed by atoms with van der Waals surface area (Å²) in [6.45, 7) is 3.68. The number of nitrogens with two attached hydrogens (primary N) is 1. The highest BCUT2D eigenvalue weighted by Gasteiger charge is 1.99. The molecule has 0 saturated heterocycles. The lowest BCUT2D eigenvalue weighted by molar-refractivity contribution is 0.122. The van der Waals surface area contributed by atoms with Crippen LogP contribution in [-0.2, 0) is 0 Å². The lowest BCUT2D eigenvalue weighted by Gasteiger charge is -2.12. The Labute approximate surface area is 49.9 Å². The monoisotopic (exact) mass is 118 g/mol. The molecule has 0 aliphatic rings. The average Bonchev–Trinajstić information content (AvgIpc) is 1.65. The Morgan fingerprint density at radius 1 is 1.75 bits per heavy atom. The van der Waals surface area contributed by atoms with Gasteiger partial charge in [0.1, 0.15) is 6.23 Å². The van der Waals surface area contributed by atoms with Gasteiger partial charge in [-0.1, -0.05) is 6.92 Å². The highest BCUT2D eigenvalue weighted by atomic mass is 16.3. The molecule has 0 aliphatic carbocycles. The summed E-state index contributed by atoms with van der Waals surface area (Å²) in [6.07, 6.45) is 0.126. The van der Waals surface area contributed by atoms with Gasteiger partial charge in [-0.3, -0.25) is 5.32 Å². The summed E-state index contributed by atoms with van der Waals surface area (Å²) in [5.74, 6) is 0. The Hall–Kier alpha value is -0.120. The second kappa shape index (κ2) is 3.83. The van der Waals surface area contributed by atoms with E-state index in [1.54, 1.807) is 6.92 Å². The van der Waals surface area contributed by atoms with Crippen LogP contribution >= 0.6 is 0 Å². The minimum Gasteiger partial charge on any atom is -0.379 e. The van der Waals surface area contributed by atoms with Gasteiger partial charge in [-0.15, -0.1) is 0 Å². The number of rotatable bonds is 3. The van der Waals surface area contributed by atoms with Crippen LogP contribution in [0.15, 0.2) is 0 Å². The maximum Gasteiger partial charge on any atom is 0.105 e. The smallest absolute Gasteiger partial charge is 0.105 e. The first-order valence-corrected chi connectivity index (χ1v) is 2.86. The molecule has 3 heteroatoms. The number of aliphatic hydroxyl groups is 1. The van der Waals surface area contributed by atoms with Crippen LogP contribution in [0.4, 0.5) is 0 Å². The maximum absolute atomic E-state index is 8.84. The molecule has 2 unspecified atom stereocenters. The van der Waals surface area contributed by atoms with Crippen molar-refractivity contribution in [1.82, 2.24) is 5.32 Å². The molecule has 4 N–H and O–H groups in total. The molecule has 0 aromatic rings. The van der Waals surface area contributed by atoms with E-state index < -0.39 is 6.23 Å². The highest BCUT2D eigenvalue weighted by Crippen LogP contribution is 1.82. The van der Waals surface area contributed by atoms with Crippen molar-refractivity contribution in [3.8, 4) is 0 Å². The first-order valence-electron chi connectivity index (χ1n) is 2.86. The third-order valence-electron chi connectivity index (χ3n) is 0.842. The summed E-state index contributed by atoms with van der Waals surface area (Å²) in [4.78, 5) is 0. The predicted molar refractivity (Wildman–Crippen MR) is 33.1 cm³/mol. The molecule has 0 spiro atoms. The van der Waals surface area contributed by atoms with Crippen LogP contribution < -0.4 is 11.1 Å². The van der Waals surface area contributed by atoms with Gasteiger partial charge in [0.25, 0.3) is 0 Å². The SMILES string of the molecule is CCC(O)NC(C)N. The first-order chi connectivity index (χ1) is 3.66. The van der Waals surface area contributed by atoms with Crippen LogP contribution in [0.2, 0.25) is 0 Å². The quantitative estimate of drug-likeness (QED) is 0.442. The van der Waals surface area contributed by atoms with Crippen LogP contribution in [0.3, 0.4) is 0 Å². The molecule has 2 atom stereocenters. The van der Waals surface area contributed by atoms with Crippen molar-refractivity contribution in [1.29, 1.82) is 0 Å². The van der Waals surface area contributed by atoms with Crippen LogP contribution in [0.1, 0.15) is 20.3 Å².